The van der Waals surface area contributed by atoms with E-state index in [1.165, 1.54) is 0 Å². The van der Waals surface area contributed by atoms with E-state index < -0.39 is 6.10 Å². The van der Waals surface area contributed by atoms with E-state index in [2.05, 4.69) is 0 Å². The van der Waals surface area contributed by atoms with Crippen LogP contribution in [-0.4, -0.2) is 25.5 Å². The molecule has 1 unspecified atom stereocenters. The van der Waals surface area contributed by atoms with Gasteiger partial charge in [0, 0.05) is 12.1 Å². The van der Waals surface area contributed by atoms with E-state index in [4.69, 9.17) is 0 Å². The standard InChI is InChI=1S/C15H16O5/c16-10-7-13(19)15(14(20)8-10)12(18)6-5-9-3-1-2-4-11(9)17/h1-4,7-8,12,16-20H,5-6H2. The first-order chi connectivity index (χ1) is 9.49. The van der Waals surface area contributed by atoms with Crippen molar-refractivity contribution >= 4 is 0 Å². The molecule has 0 heterocycles. The number of para-hydroxylation sites is 1. The van der Waals surface area contributed by atoms with Gasteiger partial charge in [-0.15, -0.1) is 0 Å². The number of aromatic hydroxyl groups is 4. The van der Waals surface area contributed by atoms with Crippen molar-refractivity contribution in [1.29, 1.82) is 0 Å². The topological polar surface area (TPSA) is 101 Å². The maximum absolute atomic E-state index is 10.0. The molecule has 5 heteroatoms. The van der Waals surface area contributed by atoms with Gasteiger partial charge >= 0.3 is 0 Å². The number of aliphatic hydroxyl groups is 1. The van der Waals surface area contributed by atoms with Gasteiger partial charge in [0.05, 0.1) is 11.7 Å². The third kappa shape index (κ3) is 2.95. The molecule has 0 saturated heterocycles. The molecular weight excluding hydrogens is 260 g/mol. The van der Waals surface area contributed by atoms with Crippen LogP contribution in [0.15, 0.2) is 36.4 Å². The number of phenols is 4. The number of phenolic OH excluding ortho intramolecular Hbond substituents is 4. The maximum atomic E-state index is 10.0. The lowest BCUT2D eigenvalue weighted by Crippen LogP contribution is -2.01. The minimum Gasteiger partial charge on any atom is -0.508 e. The predicted octanol–water partition coefficient (Wildman–Crippen LogP) is 2.18. The van der Waals surface area contributed by atoms with Gasteiger partial charge < -0.3 is 25.5 Å². The van der Waals surface area contributed by atoms with Crippen LogP contribution in [0.4, 0.5) is 0 Å². The Kier molecular flexibility index (Phi) is 4.00. The van der Waals surface area contributed by atoms with E-state index in [1.54, 1.807) is 24.3 Å². The van der Waals surface area contributed by atoms with Crippen LogP contribution in [-0.2, 0) is 6.42 Å². The molecule has 0 bridgehead atoms. The molecule has 5 N–H and O–H groups in total. The molecule has 0 aromatic heterocycles. The summed E-state index contributed by atoms with van der Waals surface area (Å²) in [5.74, 6) is -0.880. The summed E-state index contributed by atoms with van der Waals surface area (Å²) in [7, 11) is 0. The summed E-state index contributed by atoms with van der Waals surface area (Å²) in [5, 5.41) is 48.2. The van der Waals surface area contributed by atoms with Gasteiger partial charge in [-0.1, -0.05) is 18.2 Å². The first kappa shape index (κ1) is 14.0. The van der Waals surface area contributed by atoms with Gasteiger partial charge in [0.25, 0.3) is 0 Å². The minimum atomic E-state index is -1.10. The third-order valence-corrected chi connectivity index (χ3v) is 3.13. The SMILES string of the molecule is Oc1cc(O)c(C(O)CCc2ccccc2O)c(O)c1. The fourth-order valence-corrected chi connectivity index (χ4v) is 2.11. The van der Waals surface area contributed by atoms with Crippen molar-refractivity contribution in [1.82, 2.24) is 0 Å². The van der Waals surface area contributed by atoms with Crippen molar-refractivity contribution in [3.05, 3.63) is 47.5 Å². The van der Waals surface area contributed by atoms with Crippen molar-refractivity contribution in [2.75, 3.05) is 0 Å². The van der Waals surface area contributed by atoms with Gasteiger partial charge in [-0.25, -0.2) is 0 Å². The number of aliphatic hydroxyl groups excluding tert-OH is 1. The van der Waals surface area contributed by atoms with Crippen LogP contribution in [0.5, 0.6) is 23.0 Å². The zero-order valence-electron chi connectivity index (χ0n) is 10.7. The largest absolute Gasteiger partial charge is 0.508 e. The number of benzene rings is 2. The normalized spacial score (nSPS) is 12.2. The molecule has 1 atom stereocenters. The van der Waals surface area contributed by atoms with E-state index in [-0.39, 0.29) is 35.0 Å². The monoisotopic (exact) mass is 276 g/mol. The van der Waals surface area contributed by atoms with Crippen molar-refractivity contribution in [2.45, 2.75) is 18.9 Å². The van der Waals surface area contributed by atoms with Gasteiger partial charge in [0.1, 0.15) is 23.0 Å². The smallest absolute Gasteiger partial charge is 0.128 e. The van der Waals surface area contributed by atoms with E-state index in [9.17, 15) is 25.5 Å². The number of hydrogen-bond acceptors (Lipinski definition) is 5. The summed E-state index contributed by atoms with van der Waals surface area (Å²) in [6.45, 7) is 0. The second-order valence-electron chi connectivity index (χ2n) is 4.58. The maximum Gasteiger partial charge on any atom is 0.128 e. The number of rotatable bonds is 4. The molecule has 0 saturated carbocycles. The lowest BCUT2D eigenvalue weighted by molar-refractivity contribution is 0.160. The van der Waals surface area contributed by atoms with Gasteiger partial charge in [-0.2, -0.15) is 0 Å². The molecule has 106 valence electrons. The van der Waals surface area contributed by atoms with Gasteiger partial charge in [-0.05, 0) is 24.5 Å². The van der Waals surface area contributed by atoms with Gasteiger partial charge in [-0.3, -0.25) is 0 Å². The van der Waals surface area contributed by atoms with Crippen molar-refractivity contribution in [3.63, 3.8) is 0 Å². The Morgan fingerprint density at radius 3 is 2.05 bits per heavy atom. The van der Waals surface area contributed by atoms with Crippen molar-refractivity contribution in [2.24, 2.45) is 0 Å². The zero-order valence-corrected chi connectivity index (χ0v) is 10.7. The number of aryl methyl sites for hydroxylation is 1. The lowest BCUT2D eigenvalue weighted by Gasteiger charge is -2.15. The van der Waals surface area contributed by atoms with E-state index in [0.29, 0.717) is 12.0 Å². The van der Waals surface area contributed by atoms with E-state index in [1.807, 2.05) is 0 Å². The summed E-state index contributed by atoms with van der Waals surface area (Å²) in [6.07, 6.45) is -0.507. The van der Waals surface area contributed by atoms with E-state index >= 15 is 0 Å². The highest BCUT2D eigenvalue weighted by molar-refractivity contribution is 5.49. The molecule has 20 heavy (non-hydrogen) atoms. The zero-order chi connectivity index (χ0) is 14.7. The summed E-state index contributed by atoms with van der Waals surface area (Å²) in [4.78, 5) is 0. The first-order valence-electron chi connectivity index (χ1n) is 6.19. The fraction of sp³-hybridized carbons (Fsp3) is 0.200. The molecule has 0 fully saturated rings. The fourth-order valence-electron chi connectivity index (χ4n) is 2.11. The second-order valence-corrected chi connectivity index (χ2v) is 4.58. The Morgan fingerprint density at radius 2 is 1.45 bits per heavy atom. The molecule has 0 radical (unpaired) electrons. The Labute approximate surface area is 116 Å². The minimum absolute atomic E-state index is 0.0294. The highest BCUT2D eigenvalue weighted by Crippen LogP contribution is 2.38. The Hall–Kier alpha value is -2.40. The number of hydrogen-bond donors (Lipinski definition) is 5. The summed E-state index contributed by atoms with van der Waals surface area (Å²) >= 11 is 0. The van der Waals surface area contributed by atoms with Crippen LogP contribution < -0.4 is 0 Å². The Morgan fingerprint density at radius 1 is 0.850 bits per heavy atom. The molecule has 0 aliphatic carbocycles. The Bertz CT molecular complexity index is 586. The van der Waals surface area contributed by atoms with Crippen molar-refractivity contribution in [3.8, 4) is 23.0 Å². The van der Waals surface area contributed by atoms with E-state index in [0.717, 1.165) is 12.1 Å². The molecule has 2 rings (SSSR count). The molecule has 2 aromatic rings. The summed E-state index contributed by atoms with van der Waals surface area (Å²) in [5.41, 5.74) is 0.641. The average molecular weight is 276 g/mol. The van der Waals surface area contributed by atoms with Crippen LogP contribution >= 0.6 is 0 Å². The average Bonchev–Trinajstić information content (AvgIpc) is 2.36. The molecule has 0 aliphatic rings. The molecule has 0 amide bonds. The second kappa shape index (κ2) is 5.71. The highest BCUT2D eigenvalue weighted by atomic mass is 16.3. The van der Waals surface area contributed by atoms with Crippen LogP contribution in [0.1, 0.15) is 23.7 Å². The first-order valence-corrected chi connectivity index (χ1v) is 6.19. The van der Waals surface area contributed by atoms with Gasteiger partial charge in [0.15, 0.2) is 0 Å². The van der Waals surface area contributed by atoms with Crippen LogP contribution in [0.25, 0.3) is 0 Å². The lowest BCUT2D eigenvalue weighted by atomic mass is 9.99. The molecular formula is C15H16O5. The van der Waals surface area contributed by atoms with Crippen LogP contribution in [0, 0.1) is 0 Å². The van der Waals surface area contributed by atoms with Crippen LogP contribution in [0.2, 0.25) is 0 Å². The molecule has 0 aliphatic heterocycles. The molecule has 5 nitrogen and oxygen atoms in total. The van der Waals surface area contributed by atoms with Gasteiger partial charge in [0.2, 0.25) is 0 Å². The summed E-state index contributed by atoms with van der Waals surface area (Å²) in [6, 6.07) is 8.87. The quantitative estimate of drug-likeness (QED) is 0.589. The van der Waals surface area contributed by atoms with Crippen LogP contribution in [0.3, 0.4) is 0 Å². The third-order valence-electron chi connectivity index (χ3n) is 3.13. The highest BCUT2D eigenvalue weighted by Gasteiger charge is 2.18. The molecule has 2 aromatic carbocycles. The predicted molar refractivity (Wildman–Crippen MR) is 72.8 cm³/mol. The molecule has 0 spiro atoms. The van der Waals surface area contributed by atoms with Crippen molar-refractivity contribution < 1.29 is 25.5 Å². The Balaban J connectivity index is 2.13. The summed E-state index contributed by atoms with van der Waals surface area (Å²) < 4.78 is 0.